The van der Waals surface area contributed by atoms with E-state index in [0.717, 1.165) is 6.42 Å². The maximum atomic E-state index is 11.7. The van der Waals surface area contributed by atoms with Gasteiger partial charge in [0.1, 0.15) is 12.2 Å². The smallest absolute Gasteiger partial charge is 0.308 e. The van der Waals surface area contributed by atoms with E-state index >= 15 is 0 Å². The second kappa shape index (κ2) is 14.2. The molecule has 14 heteroatoms. The molecule has 6 N–H and O–H groups in total. The van der Waals surface area contributed by atoms with Gasteiger partial charge in [-0.1, -0.05) is 34.6 Å². The lowest BCUT2D eigenvalue weighted by molar-refractivity contribution is -0.363. The van der Waals surface area contributed by atoms with Crippen LogP contribution in [0.5, 0.6) is 0 Å². The number of methoxy groups -OCH3 is 1. The highest BCUT2D eigenvalue weighted by Crippen LogP contribution is 2.54. The van der Waals surface area contributed by atoms with Gasteiger partial charge in [-0.25, -0.2) is 0 Å². The van der Waals surface area contributed by atoms with Crippen LogP contribution in [0.25, 0.3) is 0 Å². The van der Waals surface area contributed by atoms with Crippen molar-refractivity contribution in [2.75, 3.05) is 7.11 Å². The van der Waals surface area contributed by atoms with Gasteiger partial charge in [-0.05, 0) is 52.4 Å². The van der Waals surface area contributed by atoms with Gasteiger partial charge >= 0.3 is 5.97 Å². The van der Waals surface area contributed by atoms with E-state index in [4.69, 9.17) is 33.2 Å². The minimum absolute atomic E-state index is 0.0212. The predicted molar refractivity (Wildman–Crippen MR) is 184 cm³/mol. The molecule has 1 spiro atoms. The molecule has 52 heavy (non-hydrogen) atoms. The number of carboxylic acid groups (broad SMARTS) is 1. The Morgan fingerprint density at radius 1 is 0.885 bits per heavy atom. The van der Waals surface area contributed by atoms with Crippen molar-refractivity contribution >= 4 is 5.97 Å². The highest BCUT2D eigenvalue weighted by Gasteiger charge is 2.63. The summed E-state index contributed by atoms with van der Waals surface area (Å²) < 4.78 is 45.0. The van der Waals surface area contributed by atoms with E-state index in [-0.39, 0.29) is 42.5 Å². The van der Waals surface area contributed by atoms with Crippen molar-refractivity contribution in [2.45, 2.75) is 196 Å². The third-order valence-corrected chi connectivity index (χ3v) is 14.0. The Morgan fingerprint density at radius 2 is 1.58 bits per heavy atom. The predicted octanol–water partition coefficient (Wildman–Crippen LogP) is 2.47. The average Bonchev–Trinajstić information content (AvgIpc) is 3.75. The van der Waals surface area contributed by atoms with E-state index in [1.165, 1.54) is 14.0 Å². The third kappa shape index (κ3) is 7.11. The molecular formula is C38H64O14. The number of aliphatic hydroxyl groups is 5. The van der Waals surface area contributed by atoms with Gasteiger partial charge in [-0.15, -0.1) is 0 Å². The minimum atomic E-state index is -2.14. The number of hydrogen-bond acceptors (Lipinski definition) is 13. The molecule has 6 heterocycles. The lowest BCUT2D eigenvalue weighted by Crippen LogP contribution is -2.65. The van der Waals surface area contributed by atoms with E-state index in [9.17, 15) is 35.4 Å². The number of carboxylic acids is 1. The zero-order valence-electron chi connectivity index (χ0n) is 32.3. The van der Waals surface area contributed by atoms with Crippen LogP contribution in [0.1, 0.15) is 107 Å². The fourth-order valence-electron chi connectivity index (χ4n) is 10.4. The highest BCUT2D eigenvalue weighted by molar-refractivity contribution is 5.68. The summed E-state index contributed by atoms with van der Waals surface area (Å²) in [6, 6.07) is 0. The third-order valence-electron chi connectivity index (χ3n) is 14.0. The summed E-state index contributed by atoms with van der Waals surface area (Å²) >= 11 is 0. The molecule has 0 amide bonds. The molecule has 6 aliphatic heterocycles. The Morgan fingerprint density at radius 3 is 2.23 bits per heavy atom. The van der Waals surface area contributed by atoms with E-state index in [2.05, 4.69) is 6.92 Å². The van der Waals surface area contributed by atoms with Crippen molar-refractivity contribution in [2.24, 2.45) is 29.6 Å². The molecule has 0 radical (unpaired) electrons. The summed E-state index contributed by atoms with van der Waals surface area (Å²) in [6.07, 6.45) is -3.97. The second-order valence-corrected chi connectivity index (χ2v) is 18.0. The van der Waals surface area contributed by atoms with Crippen molar-refractivity contribution in [1.29, 1.82) is 0 Å². The molecule has 0 saturated carbocycles. The summed E-state index contributed by atoms with van der Waals surface area (Å²) in [4.78, 5) is 11.7. The van der Waals surface area contributed by atoms with Gasteiger partial charge in [0.05, 0.1) is 66.5 Å². The Hall–Kier alpha value is -1.01. The Labute approximate surface area is 307 Å². The molecule has 0 aromatic rings. The van der Waals surface area contributed by atoms with E-state index in [0.29, 0.717) is 32.1 Å². The van der Waals surface area contributed by atoms with Gasteiger partial charge in [-0.2, -0.15) is 0 Å². The second-order valence-electron chi connectivity index (χ2n) is 18.0. The summed E-state index contributed by atoms with van der Waals surface area (Å²) in [7, 11) is 1.43. The van der Waals surface area contributed by atoms with E-state index in [1.54, 1.807) is 6.92 Å². The molecule has 6 saturated heterocycles. The average molecular weight is 745 g/mol. The molecule has 6 aliphatic rings. The Bertz CT molecular complexity index is 1300. The summed E-state index contributed by atoms with van der Waals surface area (Å²) in [5.74, 6) is -7.60. The van der Waals surface area contributed by atoms with Crippen molar-refractivity contribution in [3.05, 3.63) is 0 Å². The molecule has 0 aromatic carbocycles. The van der Waals surface area contributed by atoms with E-state index < -0.39 is 95.5 Å². The highest BCUT2D eigenvalue weighted by atomic mass is 16.7. The normalized spacial score (nSPS) is 56.3. The largest absolute Gasteiger partial charge is 0.481 e. The minimum Gasteiger partial charge on any atom is -0.481 e. The van der Waals surface area contributed by atoms with Gasteiger partial charge in [0.2, 0.25) is 0 Å². The number of rotatable bonds is 8. The van der Waals surface area contributed by atoms with Crippen LogP contribution in [0.15, 0.2) is 0 Å². The lowest BCUT2D eigenvalue weighted by atomic mass is 9.75. The number of aliphatic carboxylic acids is 1. The van der Waals surface area contributed by atoms with Crippen LogP contribution in [-0.2, 0) is 38.0 Å². The zero-order valence-corrected chi connectivity index (χ0v) is 32.3. The van der Waals surface area contributed by atoms with Crippen LogP contribution in [0, 0.1) is 29.6 Å². The van der Waals surface area contributed by atoms with Crippen molar-refractivity contribution in [1.82, 2.24) is 0 Å². The molecule has 6 rings (SSSR count). The topological polar surface area (TPSA) is 203 Å². The number of hydrogen-bond donors (Lipinski definition) is 6. The van der Waals surface area contributed by atoms with Crippen LogP contribution in [0.4, 0.5) is 0 Å². The molecule has 0 aromatic heterocycles. The standard InChI is InChI=1S/C38H64O14/c1-18-14-19(2)36(8,44)49-29(18)25-15-23(39)33(47-25)35(7)11-10-26(48-35)34(6)12-13-37(52-34)16-24(40)20(3)30(50-37)21(4)31-32(46-9)28(43)22(5)38(45,51-31)17-27(41)42/h18-26,28-33,39-40,43-45H,10-17H2,1-9H3,(H,41,42)/t18-,19+,20+,21+,22-,23-,24-,25+,26+,28-,29-,30-,31-,32+,33+,34-,35-,36-,37+,38+/m0/s1. The van der Waals surface area contributed by atoms with Crippen LogP contribution in [0.3, 0.4) is 0 Å². The van der Waals surface area contributed by atoms with E-state index in [1.807, 2.05) is 34.6 Å². The zero-order chi connectivity index (χ0) is 38.3. The van der Waals surface area contributed by atoms with Crippen molar-refractivity contribution in [3.8, 4) is 0 Å². The molecule has 300 valence electrons. The van der Waals surface area contributed by atoms with Gasteiger partial charge in [-0.3, -0.25) is 4.79 Å². The first-order chi connectivity index (χ1) is 24.1. The molecular weight excluding hydrogens is 680 g/mol. The summed E-state index contributed by atoms with van der Waals surface area (Å²) in [6.45, 7) is 14.9. The quantitative estimate of drug-likeness (QED) is 0.212. The maximum Gasteiger partial charge on any atom is 0.308 e. The van der Waals surface area contributed by atoms with Crippen LogP contribution in [0.2, 0.25) is 0 Å². The fraction of sp³-hybridized carbons (Fsp3) is 0.974. The number of carbonyl (C=O) groups is 1. The molecule has 20 atom stereocenters. The summed E-state index contributed by atoms with van der Waals surface area (Å²) in [5.41, 5.74) is -1.58. The van der Waals surface area contributed by atoms with Gasteiger partial charge < -0.3 is 63.8 Å². The SMILES string of the molecule is CO[C@@H]1[C@@H](O)[C@H](C)[C@@](O)(CC(=O)O)O[C@H]1[C@H](C)[C@H]1O[C@@]2(CC[C@@](C)([C@H]3CC[C@@](C)([C@@H]4O[C@@H]([C@H]5O[C@](C)(O)[C@H](C)C[C@@H]5C)C[C@@H]4O)O3)O2)C[C@H](O)[C@H]1C. The summed E-state index contributed by atoms with van der Waals surface area (Å²) in [5, 5.41) is 65.6. The molecule has 0 bridgehead atoms. The van der Waals surface area contributed by atoms with Crippen molar-refractivity contribution in [3.63, 3.8) is 0 Å². The van der Waals surface area contributed by atoms with Gasteiger partial charge in [0.25, 0.3) is 0 Å². The van der Waals surface area contributed by atoms with Gasteiger partial charge in [0.15, 0.2) is 17.4 Å². The Kier molecular flexibility index (Phi) is 11.1. The number of ether oxygens (including phenoxy) is 7. The van der Waals surface area contributed by atoms with Crippen LogP contribution in [-0.4, -0.2) is 133 Å². The van der Waals surface area contributed by atoms with Crippen LogP contribution < -0.4 is 0 Å². The number of aliphatic hydroxyl groups excluding tert-OH is 3. The maximum absolute atomic E-state index is 11.7. The first kappa shape index (κ1) is 40.6. The molecule has 0 aliphatic carbocycles. The monoisotopic (exact) mass is 744 g/mol. The van der Waals surface area contributed by atoms with Crippen LogP contribution >= 0.6 is 0 Å². The first-order valence-electron chi connectivity index (χ1n) is 19.4. The molecule has 6 fully saturated rings. The Balaban J connectivity index is 1.15. The van der Waals surface area contributed by atoms with Gasteiger partial charge in [0, 0.05) is 50.0 Å². The first-order valence-corrected chi connectivity index (χ1v) is 19.4. The fourth-order valence-corrected chi connectivity index (χ4v) is 10.4. The lowest BCUT2D eigenvalue weighted by Gasteiger charge is -2.53. The molecule has 14 nitrogen and oxygen atoms in total. The molecule has 0 unspecified atom stereocenters. The van der Waals surface area contributed by atoms with Crippen molar-refractivity contribution < 1.29 is 68.6 Å².